The van der Waals surface area contributed by atoms with Crippen molar-refractivity contribution in [2.24, 2.45) is 0 Å². The maximum absolute atomic E-state index is 5.93. The Bertz CT molecular complexity index is 551. The minimum absolute atomic E-state index is 0.218. The first kappa shape index (κ1) is 11.5. The Morgan fingerprint density at radius 3 is 2.78 bits per heavy atom. The van der Waals surface area contributed by atoms with Crippen molar-refractivity contribution in [3.63, 3.8) is 0 Å². The summed E-state index contributed by atoms with van der Waals surface area (Å²) in [6, 6.07) is 1.92. The third-order valence-electron chi connectivity index (χ3n) is 3.36. The summed E-state index contributed by atoms with van der Waals surface area (Å²) in [5.74, 6) is 0.675. The highest BCUT2D eigenvalue weighted by Gasteiger charge is 2.36. The van der Waals surface area contributed by atoms with Crippen molar-refractivity contribution in [1.29, 1.82) is 0 Å². The van der Waals surface area contributed by atoms with Crippen molar-refractivity contribution in [3.8, 4) is 5.88 Å². The Balaban J connectivity index is 1.70. The highest BCUT2D eigenvalue weighted by molar-refractivity contribution is 5.54. The van der Waals surface area contributed by atoms with E-state index < -0.39 is 0 Å². The number of likely N-dealkylation sites (tertiary alicyclic amines) is 1. The van der Waals surface area contributed by atoms with Crippen molar-refractivity contribution in [1.82, 2.24) is 19.5 Å². The zero-order valence-electron chi connectivity index (χ0n) is 11.0. The van der Waals surface area contributed by atoms with Gasteiger partial charge >= 0.3 is 0 Å². The molecular formula is C13H18N4O. The number of nitrogens with zero attached hydrogens (tertiary/aromatic N) is 4. The normalized spacial score (nSPS) is 17.9. The van der Waals surface area contributed by atoms with Crippen molar-refractivity contribution in [3.05, 3.63) is 24.7 Å². The smallest absolute Gasteiger partial charge is 0.240 e. The van der Waals surface area contributed by atoms with E-state index in [1.54, 1.807) is 16.9 Å². The Kier molecular flexibility index (Phi) is 2.52. The summed E-state index contributed by atoms with van der Waals surface area (Å²) in [7, 11) is 0. The lowest BCUT2D eigenvalue weighted by molar-refractivity contribution is -0.0362. The number of rotatable bonds is 2. The van der Waals surface area contributed by atoms with Gasteiger partial charge in [0.2, 0.25) is 5.88 Å². The fraction of sp³-hybridized carbons (Fsp3) is 0.538. The van der Waals surface area contributed by atoms with Gasteiger partial charge in [0.25, 0.3) is 0 Å². The van der Waals surface area contributed by atoms with Gasteiger partial charge < -0.3 is 4.74 Å². The third-order valence-corrected chi connectivity index (χ3v) is 3.36. The number of fused-ring (bicyclic) bond motifs is 1. The Labute approximate surface area is 106 Å². The molecule has 0 atom stereocenters. The van der Waals surface area contributed by atoms with Crippen LogP contribution in [0.25, 0.3) is 5.52 Å². The van der Waals surface area contributed by atoms with E-state index in [1.807, 2.05) is 12.3 Å². The van der Waals surface area contributed by atoms with E-state index in [1.165, 1.54) is 0 Å². The zero-order valence-corrected chi connectivity index (χ0v) is 11.0. The molecule has 0 unspecified atom stereocenters. The van der Waals surface area contributed by atoms with Gasteiger partial charge in [-0.1, -0.05) is 0 Å². The molecule has 0 amide bonds. The topological polar surface area (TPSA) is 42.7 Å². The molecule has 1 saturated heterocycles. The molecule has 2 aromatic rings. The summed E-state index contributed by atoms with van der Waals surface area (Å²) in [5, 5.41) is 4.17. The quantitative estimate of drug-likeness (QED) is 0.807. The predicted octanol–water partition coefficient (Wildman–Crippen LogP) is 1.59. The molecule has 96 valence electrons. The fourth-order valence-electron chi connectivity index (χ4n) is 2.14. The first-order chi connectivity index (χ1) is 8.54. The van der Waals surface area contributed by atoms with Crippen molar-refractivity contribution in [2.75, 3.05) is 13.1 Å². The summed E-state index contributed by atoms with van der Waals surface area (Å²) < 4.78 is 7.71. The number of hydrogen-bond acceptors (Lipinski definition) is 4. The lowest BCUT2D eigenvalue weighted by atomic mass is 9.99. The number of hydrogen-bond donors (Lipinski definition) is 0. The average Bonchev–Trinajstić information content (AvgIpc) is 2.69. The van der Waals surface area contributed by atoms with E-state index in [0.29, 0.717) is 5.88 Å². The summed E-state index contributed by atoms with van der Waals surface area (Å²) in [6.07, 6.45) is 5.53. The standard InChI is InChI=1S/C13H18N4O/c1-13(2,3)16-8-10(9-16)18-12-11-4-5-15-17(11)7-6-14-12/h4-7,10H,8-9H2,1-3H3. The largest absolute Gasteiger partial charge is 0.470 e. The van der Waals surface area contributed by atoms with E-state index in [9.17, 15) is 0 Å². The van der Waals surface area contributed by atoms with Crippen LogP contribution in [0.1, 0.15) is 20.8 Å². The lowest BCUT2D eigenvalue weighted by Gasteiger charge is -2.46. The third kappa shape index (κ3) is 1.95. The number of aromatic nitrogens is 3. The van der Waals surface area contributed by atoms with Crippen LogP contribution >= 0.6 is 0 Å². The molecule has 3 heterocycles. The van der Waals surface area contributed by atoms with Gasteiger partial charge in [0.05, 0.1) is 6.20 Å². The molecule has 1 fully saturated rings. The van der Waals surface area contributed by atoms with Crippen LogP contribution in [0.5, 0.6) is 5.88 Å². The van der Waals surface area contributed by atoms with Gasteiger partial charge in [-0.3, -0.25) is 4.90 Å². The summed E-state index contributed by atoms with van der Waals surface area (Å²) in [5.41, 5.74) is 1.14. The lowest BCUT2D eigenvalue weighted by Crippen LogP contribution is -2.60. The summed E-state index contributed by atoms with van der Waals surface area (Å²) in [6.45, 7) is 8.58. The summed E-state index contributed by atoms with van der Waals surface area (Å²) in [4.78, 5) is 6.68. The maximum atomic E-state index is 5.93. The predicted molar refractivity (Wildman–Crippen MR) is 68.7 cm³/mol. The Morgan fingerprint density at radius 1 is 1.28 bits per heavy atom. The van der Waals surface area contributed by atoms with Crippen molar-refractivity contribution in [2.45, 2.75) is 32.4 Å². The second-order valence-corrected chi connectivity index (χ2v) is 5.71. The van der Waals surface area contributed by atoms with E-state index in [2.05, 4.69) is 35.8 Å². The van der Waals surface area contributed by atoms with Gasteiger partial charge in [-0.15, -0.1) is 0 Å². The molecule has 0 aliphatic carbocycles. The van der Waals surface area contributed by atoms with E-state index in [0.717, 1.165) is 18.6 Å². The molecule has 0 radical (unpaired) electrons. The molecule has 1 aliphatic heterocycles. The molecule has 0 spiro atoms. The maximum Gasteiger partial charge on any atom is 0.240 e. The van der Waals surface area contributed by atoms with Crippen LogP contribution in [0.4, 0.5) is 0 Å². The van der Waals surface area contributed by atoms with E-state index in [4.69, 9.17) is 4.74 Å². The second kappa shape index (κ2) is 3.95. The molecule has 3 rings (SSSR count). The van der Waals surface area contributed by atoms with Crippen LogP contribution in [-0.2, 0) is 0 Å². The van der Waals surface area contributed by atoms with Gasteiger partial charge in [-0.05, 0) is 26.8 Å². The number of ether oxygens (including phenoxy) is 1. The van der Waals surface area contributed by atoms with Gasteiger partial charge in [-0.2, -0.15) is 5.10 Å². The minimum atomic E-state index is 0.218. The van der Waals surface area contributed by atoms with Gasteiger partial charge in [-0.25, -0.2) is 9.50 Å². The van der Waals surface area contributed by atoms with Crippen LogP contribution in [0.15, 0.2) is 24.7 Å². The molecule has 5 nitrogen and oxygen atoms in total. The highest BCUT2D eigenvalue weighted by Crippen LogP contribution is 2.25. The molecule has 0 saturated carbocycles. The minimum Gasteiger partial charge on any atom is -0.470 e. The van der Waals surface area contributed by atoms with Gasteiger partial charge in [0.15, 0.2) is 0 Å². The second-order valence-electron chi connectivity index (χ2n) is 5.71. The molecule has 1 aliphatic rings. The molecule has 0 N–H and O–H groups in total. The monoisotopic (exact) mass is 246 g/mol. The fourth-order valence-corrected chi connectivity index (χ4v) is 2.14. The van der Waals surface area contributed by atoms with E-state index in [-0.39, 0.29) is 11.6 Å². The van der Waals surface area contributed by atoms with Crippen LogP contribution in [0.3, 0.4) is 0 Å². The zero-order chi connectivity index (χ0) is 12.8. The molecule has 18 heavy (non-hydrogen) atoms. The first-order valence-corrected chi connectivity index (χ1v) is 6.24. The molecule has 5 heteroatoms. The van der Waals surface area contributed by atoms with Crippen molar-refractivity contribution >= 4 is 5.52 Å². The van der Waals surface area contributed by atoms with Crippen LogP contribution in [0.2, 0.25) is 0 Å². The van der Waals surface area contributed by atoms with Crippen LogP contribution in [0, 0.1) is 0 Å². The van der Waals surface area contributed by atoms with Crippen LogP contribution in [-0.4, -0.2) is 44.2 Å². The molecule has 0 aromatic carbocycles. The van der Waals surface area contributed by atoms with Gasteiger partial charge in [0.1, 0.15) is 11.6 Å². The average molecular weight is 246 g/mol. The molecular weight excluding hydrogens is 228 g/mol. The van der Waals surface area contributed by atoms with Gasteiger partial charge in [0, 0.05) is 31.0 Å². The molecule has 0 bridgehead atoms. The Hall–Kier alpha value is -1.62. The first-order valence-electron chi connectivity index (χ1n) is 6.24. The van der Waals surface area contributed by atoms with Crippen molar-refractivity contribution < 1.29 is 4.74 Å². The SMILES string of the molecule is CC(C)(C)N1CC(Oc2nccn3nccc23)C1. The summed E-state index contributed by atoms with van der Waals surface area (Å²) >= 11 is 0. The Morgan fingerprint density at radius 2 is 2.06 bits per heavy atom. The highest BCUT2D eigenvalue weighted by atomic mass is 16.5. The molecule has 2 aromatic heterocycles. The van der Waals surface area contributed by atoms with E-state index >= 15 is 0 Å². The van der Waals surface area contributed by atoms with Crippen LogP contribution < -0.4 is 4.74 Å².